The van der Waals surface area contributed by atoms with Crippen molar-refractivity contribution in [3.05, 3.63) is 0 Å². The number of rotatable bonds is 51. The molecule has 64 heavy (non-hydrogen) atoms. The molecular formula is C58H112O6. The van der Waals surface area contributed by atoms with Crippen LogP contribution in [0.2, 0.25) is 0 Å². The van der Waals surface area contributed by atoms with Crippen LogP contribution in [-0.2, 0) is 28.6 Å². The van der Waals surface area contributed by atoms with E-state index in [0.29, 0.717) is 19.3 Å². The summed E-state index contributed by atoms with van der Waals surface area (Å²) in [6.07, 6.45) is 51.1. The summed E-state index contributed by atoms with van der Waals surface area (Å²) in [5.74, 6) is 1.63. The third kappa shape index (κ3) is 51.4. The van der Waals surface area contributed by atoms with Crippen molar-refractivity contribution in [1.29, 1.82) is 0 Å². The van der Waals surface area contributed by atoms with Crippen LogP contribution < -0.4 is 0 Å². The first-order valence-electron chi connectivity index (χ1n) is 28.6. The quantitative estimate of drug-likeness (QED) is 0.0344. The lowest BCUT2D eigenvalue weighted by molar-refractivity contribution is -0.167. The Kier molecular flexibility index (Phi) is 48.1. The third-order valence-corrected chi connectivity index (χ3v) is 13.1. The van der Waals surface area contributed by atoms with Gasteiger partial charge in [-0.3, -0.25) is 14.4 Å². The van der Waals surface area contributed by atoms with Crippen molar-refractivity contribution in [2.45, 2.75) is 324 Å². The number of carbonyl (C=O) groups excluding carboxylic acids is 3. The zero-order valence-corrected chi connectivity index (χ0v) is 44.1. The Morgan fingerprint density at radius 3 is 0.672 bits per heavy atom. The Balaban J connectivity index is 4.21. The lowest BCUT2D eigenvalue weighted by Crippen LogP contribution is -2.30. The van der Waals surface area contributed by atoms with E-state index >= 15 is 0 Å². The maximum absolute atomic E-state index is 12.8. The number of hydrogen-bond acceptors (Lipinski definition) is 6. The molecule has 0 aliphatic heterocycles. The largest absolute Gasteiger partial charge is 0.462 e. The molecule has 0 aromatic carbocycles. The Bertz CT molecular complexity index is 991. The molecule has 1 atom stereocenters. The van der Waals surface area contributed by atoms with Gasteiger partial charge in [-0.15, -0.1) is 0 Å². The maximum Gasteiger partial charge on any atom is 0.306 e. The van der Waals surface area contributed by atoms with E-state index in [1.54, 1.807) is 0 Å². The Labute approximate surface area is 399 Å². The van der Waals surface area contributed by atoms with Crippen molar-refractivity contribution in [1.82, 2.24) is 0 Å². The van der Waals surface area contributed by atoms with Crippen LogP contribution in [-0.4, -0.2) is 37.2 Å². The number of carbonyl (C=O) groups is 3. The average Bonchev–Trinajstić information content (AvgIpc) is 3.25. The first kappa shape index (κ1) is 62.4. The molecule has 0 aliphatic carbocycles. The van der Waals surface area contributed by atoms with E-state index in [9.17, 15) is 14.4 Å². The van der Waals surface area contributed by atoms with Gasteiger partial charge in [0.05, 0.1) is 0 Å². The molecule has 0 radical (unpaired) electrons. The molecule has 0 aromatic heterocycles. The van der Waals surface area contributed by atoms with Gasteiger partial charge in [0.25, 0.3) is 0 Å². The molecule has 0 fully saturated rings. The molecule has 380 valence electrons. The highest BCUT2D eigenvalue weighted by Gasteiger charge is 2.19. The minimum absolute atomic E-state index is 0.0644. The smallest absolute Gasteiger partial charge is 0.306 e. The van der Waals surface area contributed by atoms with Gasteiger partial charge in [0, 0.05) is 19.3 Å². The van der Waals surface area contributed by atoms with E-state index in [4.69, 9.17) is 14.2 Å². The fourth-order valence-electron chi connectivity index (χ4n) is 8.82. The molecule has 0 bridgehead atoms. The van der Waals surface area contributed by atoms with E-state index in [1.165, 1.54) is 199 Å². The molecule has 0 aliphatic rings. The van der Waals surface area contributed by atoms with E-state index in [0.717, 1.165) is 75.5 Å². The summed E-state index contributed by atoms with van der Waals surface area (Å²) < 4.78 is 16.9. The number of unbranched alkanes of at least 4 members (excludes halogenated alkanes) is 34. The number of ether oxygens (including phenoxy) is 3. The predicted octanol–water partition coefficient (Wildman–Crippen LogP) is 18.7. The van der Waals surface area contributed by atoms with Crippen LogP contribution in [0.3, 0.4) is 0 Å². The van der Waals surface area contributed by atoms with Crippen LogP contribution in [0.15, 0.2) is 0 Å². The van der Waals surface area contributed by atoms with Crippen LogP contribution in [0.5, 0.6) is 0 Å². The molecule has 0 aromatic rings. The highest BCUT2D eigenvalue weighted by Crippen LogP contribution is 2.18. The summed E-state index contributed by atoms with van der Waals surface area (Å²) in [5, 5.41) is 0. The van der Waals surface area contributed by atoms with E-state index in [1.807, 2.05) is 0 Å². The van der Waals surface area contributed by atoms with Crippen molar-refractivity contribution in [2.24, 2.45) is 17.8 Å². The highest BCUT2D eigenvalue weighted by atomic mass is 16.6. The zero-order chi connectivity index (χ0) is 47.0. The molecule has 0 spiro atoms. The monoisotopic (exact) mass is 905 g/mol. The van der Waals surface area contributed by atoms with Crippen molar-refractivity contribution < 1.29 is 28.6 Å². The summed E-state index contributed by atoms with van der Waals surface area (Å²) in [7, 11) is 0. The lowest BCUT2D eigenvalue weighted by atomic mass is 10.0. The van der Waals surface area contributed by atoms with Crippen molar-refractivity contribution in [2.75, 3.05) is 13.2 Å². The second kappa shape index (κ2) is 49.3. The first-order chi connectivity index (χ1) is 31.1. The second-order valence-corrected chi connectivity index (χ2v) is 21.4. The lowest BCUT2D eigenvalue weighted by Gasteiger charge is -2.18. The zero-order valence-electron chi connectivity index (χ0n) is 44.1. The normalized spacial score (nSPS) is 12.1. The predicted molar refractivity (Wildman–Crippen MR) is 275 cm³/mol. The van der Waals surface area contributed by atoms with Gasteiger partial charge in [-0.25, -0.2) is 0 Å². The van der Waals surface area contributed by atoms with Crippen LogP contribution >= 0.6 is 0 Å². The maximum atomic E-state index is 12.8. The summed E-state index contributed by atoms with van der Waals surface area (Å²) in [4.78, 5) is 38.1. The molecule has 0 N–H and O–H groups in total. The van der Waals surface area contributed by atoms with Gasteiger partial charge >= 0.3 is 17.9 Å². The molecule has 6 nitrogen and oxygen atoms in total. The Hall–Kier alpha value is -1.59. The molecular weight excluding hydrogens is 793 g/mol. The fraction of sp³-hybridized carbons (Fsp3) is 0.948. The van der Waals surface area contributed by atoms with Crippen molar-refractivity contribution in [3.63, 3.8) is 0 Å². The van der Waals surface area contributed by atoms with Gasteiger partial charge in [-0.1, -0.05) is 279 Å². The molecule has 0 rings (SSSR count). The van der Waals surface area contributed by atoms with Crippen LogP contribution in [0.25, 0.3) is 0 Å². The van der Waals surface area contributed by atoms with E-state index in [-0.39, 0.29) is 31.1 Å². The molecule has 6 heteroatoms. The second-order valence-electron chi connectivity index (χ2n) is 21.4. The van der Waals surface area contributed by atoms with E-state index in [2.05, 4.69) is 41.5 Å². The number of hydrogen-bond donors (Lipinski definition) is 0. The van der Waals surface area contributed by atoms with Gasteiger partial charge in [0.1, 0.15) is 13.2 Å². The van der Waals surface area contributed by atoms with Gasteiger partial charge in [-0.2, -0.15) is 0 Å². The minimum atomic E-state index is -0.763. The van der Waals surface area contributed by atoms with Gasteiger partial charge in [-0.05, 0) is 37.0 Å². The summed E-state index contributed by atoms with van der Waals surface area (Å²) in [6.45, 7) is 13.7. The van der Waals surface area contributed by atoms with Gasteiger partial charge < -0.3 is 14.2 Å². The fourth-order valence-corrected chi connectivity index (χ4v) is 8.82. The molecule has 0 unspecified atom stereocenters. The van der Waals surface area contributed by atoms with Crippen molar-refractivity contribution in [3.8, 4) is 0 Å². The SMILES string of the molecule is CC(C)CCCCCCCCCCCCCCCCCCC(=O)OC[C@@H](COC(=O)CCCCCCCCCCCCCCCCC(C)C)OC(=O)CCCCCCCCCC(C)C. The summed E-state index contributed by atoms with van der Waals surface area (Å²) in [5.41, 5.74) is 0. The minimum Gasteiger partial charge on any atom is -0.462 e. The van der Waals surface area contributed by atoms with Crippen LogP contribution in [0.1, 0.15) is 318 Å². The highest BCUT2D eigenvalue weighted by molar-refractivity contribution is 5.71. The standard InChI is InChI=1S/C58H112O6/c1-52(2)44-38-32-26-21-17-13-9-7-8-10-15-19-23-29-35-41-47-56(59)62-50-55(64-58(61)49-43-37-31-25-28-34-40-46-54(5)6)51-63-57(60)48-42-36-30-24-20-16-12-11-14-18-22-27-33-39-45-53(3)4/h52-55H,7-51H2,1-6H3/t55-/m0/s1. The topological polar surface area (TPSA) is 78.9 Å². The third-order valence-electron chi connectivity index (χ3n) is 13.1. The average molecular weight is 906 g/mol. The summed E-state index contributed by atoms with van der Waals surface area (Å²) >= 11 is 0. The molecule has 0 amide bonds. The first-order valence-corrected chi connectivity index (χ1v) is 28.6. The van der Waals surface area contributed by atoms with E-state index < -0.39 is 6.10 Å². The Morgan fingerprint density at radius 1 is 0.266 bits per heavy atom. The molecule has 0 saturated carbocycles. The number of esters is 3. The summed E-state index contributed by atoms with van der Waals surface area (Å²) in [6, 6.07) is 0. The molecule has 0 heterocycles. The molecule has 0 saturated heterocycles. The van der Waals surface area contributed by atoms with Gasteiger partial charge in [0.15, 0.2) is 6.10 Å². The van der Waals surface area contributed by atoms with Crippen LogP contribution in [0, 0.1) is 17.8 Å². The van der Waals surface area contributed by atoms with Crippen LogP contribution in [0.4, 0.5) is 0 Å². The van der Waals surface area contributed by atoms with Gasteiger partial charge in [0.2, 0.25) is 0 Å². The Morgan fingerprint density at radius 2 is 0.453 bits per heavy atom. The van der Waals surface area contributed by atoms with Crippen molar-refractivity contribution >= 4 is 17.9 Å².